The van der Waals surface area contributed by atoms with Crippen molar-refractivity contribution in [2.24, 2.45) is 5.41 Å². The molecule has 2 heterocycles. The van der Waals surface area contributed by atoms with Gasteiger partial charge in [-0.15, -0.1) is 0 Å². The zero-order chi connectivity index (χ0) is 19.8. The Morgan fingerprint density at radius 2 is 1.93 bits per heavy atom. The molecule has 1 unspecified atom stereocenters. The standard InChI is InChI=1S/C20H27N3O4/c1-20(2,3)15(24)6-7-21-18(26)19(27)22-14-9-12-5-4-8-23-16(25)11-13(10-14)17(12)23/h9-10,15,24H,4-8,11H2,1-3H3,(H,21,26)(H,22,27). The molecular weight excluding hydrogens is 346 g/mol. The van der Waals surface area contributed by atoms with Crippen molar-refractivity contribution in [1.82, 2.24) is 5.32 Å². The molecule has 27 heavy (non-hydrogen) atoms. The lowest BCUT2D eigenvalue weighted by Gasteiger charge is -2.26. The van der Waals surface area contributed by atoms with Gasteiger partial charge in [0, 0.05) is 18.8 Å². The van der Waals surface area contributed by atoms with E-state index in [9.17, 15) is 19.5 Å². The van der Waals surface area contributed by atoms with Gasteiger partial charge in [0.15, 0.2) is 0 Å². The number of rotatable bonds is 4. The van der Waals surface area contributed by atoms with Crippen LogP contribution < -0.4 is 15.5 Å². The highest BCUT2D eigenvalue weighted by Crippen LogP contribution is 2.38. The van der Waals surface area contributed by atoms with Gasteiger partial charge in [-0.25, -0.2) is 0 Å². The third-order valence-corrected chi connectivity index (χ3v) is 5.18. The topological polar surface area (TPSA) is 98.7 Å². The van der Waals surface area contributed by atoms with E-state index < -0.39 is 17.9 Å². The smallest absolute Gasteiger partial charge is 0.313 e. The summed E-state index contributed by atoms with van der Waals surface area (Å²) in [5, 5.41) is 15.1. The van der Waals surface area contributed by atoms with Crippen molar-refractivity contribution in [2.45, 2.75) is 52.6 Å². The number of aliphatic hydroxyl groups excluding tert-OH is 1. The van der Waals surface area contributed by atoms with Crippen LogP contribution in [0.2, 0.25) is 0 Å². The number of amides is 3. The number of nitrogens with zero attached hydrogens (tertiary/aromatic N) is 1. The molecule has 2 aliphatic heterocycles. The van der Waals surface area contributed by atoms with E-state index in [4.69, 9.17) is 0 Å². The first-order valence-electron chi connectivity index (χ1n) is 9.40. The number of hydrogen-bond acceptors (Lipinski definition) is 4. The fraction of sp³-hybridized carbons (Fsp3) is 0.550. The van der Waals surface area contributed by atoms with E-state index in [1.54, 1.807) is 6.07 Å². The van der Waals surface area contributed by atoms with Gasteiger partial charge in [-0.3, -0.25) is 14.4 Å². The van der Waals surface area contributed by atoms with Crippen molar-refractivity contribution in [3.63, 3.8) is 0 Å². The van der Waals surface area contributed by atoms with Crippen LogP contribution in [0.25, 0.3) is 0 Å². The van der Waals surface area contributed by atoms with Crippen LogP contribution in [0.15, 0.2) is 12.1 Å². The second-order valence-corrected chi connectivity index (χ2v) is 8.35. The monoisotopic (exact) mass is 373 g/mol. The highest BCUT2D eigenvalue weighted by molar-refractivity contribution is 6.39. The molecule has 1 atom stereocenters. The first kappa shape index (κ1) is 19.4. The normalized spacial score (nSPS) is 16.7. The van der Waals surface area contributed by atoms with Gasteiger partial charge >= 0.3 is 11.8 Å². The molecule has 3 N–H and O–H groups in total. The lowest BCUT2D eigenvalue weighted by atomic mass is 9.87. The van der Waals surface area contributed by atoms with Crippen LogP contribution >= 0.6 is 0 Å². The van der Waals surface area contributed by atoms with Gasteiger partial charge in [0.05, 0.1) is 18.2 Å². The number of hydrogen-bond donors (Lipinski definition) is 3. The summed E-state index contributed by atoms with van der Waals surface area (Å²) >= 11 is 0. The predicted octanol–water partition coefficient (Wildman–Crippen LogP) is 1.37. The van der Waals surface area contributed by atoms with Crippen molar-refractivity contribution in [1.29, 1.82) is 0 Å². The number of nitrogens with one attached hydrogen (secondary N) is 2. The molecule has 7 heteroatoms. The first-order chi connectivity index (χ1) is 12.7. The first-order valence-corrected chi connectivity index (χ1v) is 9.40. The average Bonchev–Trinajstić information content (AvgIpc) is 2.91. The highest BCUT2D eigenvalue weighted by Gasteiger charge is 2.32. The molecule has 1 aromatic carbocycles. The number of benzene rings is 1. The van der Waals surface area contributed by atoms with Crippen LogP contribution in [0.3, 0.4) is 0 Å². The molecule has 0 spiro atoms. The lowest BCUT2D eigenvalue weighted by molar-refractivity contribution is -0.136. The maximum absolute atomic E-state index is 12.2. The SMILES string of the molecule is CC(C)(C)C(O)CCNC(=O)C(=O)Nc1cc2c3c(c1)CC(=O)N3CCC2. The highest BCUT2D eigenvalue weighted by atomic mass is 16.3. The van der Waals surface area contributed by atoms with Gasteiger partial charge < -0.3 is 20.6 Å². The van der Waals surface area contributed by atoms with Crippen LogP contribution in [0.5, 0.6) is 0 Å². The van der Waals surface area contributed by atoms with Crippen LogP contribution in [0.4, 0.5) is 11.4 Å². The Labute approximate surface area is 159 Å². The summed E-state index contributed by atoms with van der Waals surface area (Å²) in [7, 11) is 0. The Balaban J connectivity index is 1.59. The molecular formula is C20H27N3O4. The molecule has 7 nitrogen and oxygen atoms in total. The van der Waals surface area contributed by atoms with E-state index in [2.05, 4.69) is 10.6 Å². The van der Waals surface area contributed by atoms with Crippen molar-refractivity contribution in [3.8, 4) is 0 Å². The fourth-order valence-corrected chi connectivity index (χ4v) is 3.57. The molecule has 0 aromatic heterocycles. The third kappa shape index (κ3) is 4.13. The Morgan fingerprint density at radius 1 is 1.22 bits per heavy atom. The van der Waals surface area contributed by atoms with E-state index in [1.165, 1.54) is 0 Å². The van der Waals surface area contributed by atoms with Crippen molar-refractivity contribution in [2.75, 3.05) is 23.3 Å². The van der Waals surface area contributed by atoms with Gasteiger partial charge in [-0.2, -0.15) is 0 Å². The second kappa shape index (κ2) is 7.31. The summed E-state index contributed by atoms with van der Waals surface area (Å²) in [5.41, 5.74) is 3.18. The van der Waals surface area contributed by atoms with E-state index in [-0.39, 0.29) is 17.9 Å². The molecule has 0 aliphatic carbocycles. The van der Waals surface area contributed by atoms with E-state index in [0.29, 0.717) is 18.5 Å². The van der Waals surface area contributed by atoms with Crippen molar-refractivity contribution < 1.29 is 19.5 Å². The summed E-state index contributed by atoms with van der Waals surface area (Å²) in [6.45, 7) is 6.71. The quantitative estimate of drug-likeness (QED) is 0.694. The Hall–Kier alpha value is -2.41. The summed E-state index contributed by atoms with van der Waals surface area (Å²) in [5.74, 6) is -1.39. The van der Waals surface area contributed by atoms with Gasteiger partial charge in [0.2, 0.25) is 5.91 Å². The molecule has 0 saturated carbocycles. The van der Waals surface area contributed by atoms with Gasteiger partial charge in [-0.1, -0.05) is 20.8 Å². The number of anilines is 2. The van der Waals surface area contributed by atoms with Crippen LogP contribution in [-0.4, -0.2) is 42.0 Å². The predicted molar refractivity (Wildman–Crippen MR) is 103 cm³/mol. The lowest BCUT2D eigenvalue weighted by Crippen LogP contribution is -2.38. The summed E-state index contributed by atoms with van der Waals surface area (Å²) in [6.07, 6.45) is 1.90. The molecule has 0 fully saturated rings. The Bertz CT molecular complexity index is 782. The van der Waals surface area contributed by atoms with Crippen molar-refractivity contribution >= 4 is 29.1 Å². The molecule has 1 aromatic rings. The molecule has 3 rings (SSSR count). The number of aryl methyl sites for hydroxylation is 1. The maximum Gasteiger partial charge on any atom is 0.313 e. The zero-order valence-electron chi connectivity index (χ0n) is 16.1. The maximum atomic E-state index is 12.2. The van der Waals surface area contributed by atoms with Gasteiger partial charge in [0.25, 0.3) is 0 Å². The minimum absolute atomic E-state index is 0.0876. The molecule has 0 bridgehead atoms. The molecule has 0 radical (unpaired) electrons. The van der Waals surface area contributed by atoms with Crippen LogP contribution in [0.1, 0.15) is 44.7 Å². The van der Waals surface area contributed by atoms with Crippen molar-refractivity contribution in [3.05, 3.63) is 23.3 Å². The number of aliphatic hydroxyl groups is 1. The third-order valence-electron chi connectivity index (χ3n) is 5.18. The minimum atomic E-state index is -0.746. The van der Waals surface area contributed by atoms with Gasteiger partial charge in [0.1, 0.15) is 0 Å². The summed E-state index contributed by atoms with van der Waals surface area (Å²) < 4.78 is 0. The largest absolute Gasteiger partial charge is 0.393 e. The van der Waals surface area contributed by atoms with E-state index in [1.807, 2.05) is 31.7 Å². The zero-order valence-corrected chi connectivity index (χ0v) is 16.1. The Morgan fingerprint density at radius 3 is 2.63 bits per heavy atom. The molecule has 3 amide bonds. The number of carbonyl (C=O) groups is 3. The molecule has 2 aliphatic rings. The van der Waals surface area contributed by atoms with E-state index >= 15 is 0 Å². The summed E-state index contributed by atoms with van der Waals surface area (Å²) in [4.78, 5) is 38.1. The number of carbonyl (C=O) groups excluding carboxylic acids is 3. The van der Waals surface area contributed by atoms with Gasteiger partial charge in [-0.05, 0) is 47.9 Å². The molecule has 0 saturated heterocycles. The second-order valence-electron chi connectivity index (χ2n) is 8.35. The van der Waals surface area contributed by atoms with E-state index in [0.717, 1.165) is 36.2 Å². The van der Waals surface area contributed by atoms with Crippen LogP contribution in [0, 0.1) is 5.41 Å². The average molecular weight is 373 g/mol. The molecule has 146 valence electrons. The summed E-state index contributed by atoms with van der Waals surface area (Å²) in [6, 6.07) is 3.62. The fourth-order valence-electron chi connectivity index (χ4n) is 3.57. The minimum Gasteiger partial charge on any atom is -0.393 e. The Kier molecular flexibility index (Phi) is 5.24. The van der Waals surface area contributed by atoms with Crippen LogP contribution in [-0.2, 0) is 27.2 Å².